The van der Waals surface area contributed by atoms with Crippen molar-refractivity contribution in [1.82, 2.24) is 5.32 Å². The number of hydrogen-bond donors (Lipinski definition) is 1. The van der Waals surface area contributed by atoms with Gasteiger partial charge in [-0.1, -0.05) is 56.8 Å². The third-order valence-corrected chi connectivity index (χ3v) is 5.74. The zero-order chi connectivity index (χ0) is 21.0. The van der Waals surface area contributed by atoms with Crippen molar-refractivity contribution in [2.24, 2.45) is 0 Å². The SMILES string of the molecule is COc1cccc(CNC(=O)c2ccc(Sc3cc(C(C)(C)C)ccc3C)o2)c1. The Labute approximate surface area is 176 Å². The van der Waals surface area contributed by atoms with Crippen LogP contribution in [0.2, 0.25) is 0 Å². The highest BCUT2D eigenvalue weighted by molar-refractivity contribution is 7.99. The molecule has 0 saturated heterocycles. The zero-order valence-electron chi connectivity index (χ0n) is 17.5. The van der Waals surface area contributed by atoms with Gasteiger partial charge in [0.15, 0.2) is 10.9 Å². The molecule has 0 aliphatic carbocycles. The molecule has 3 aromatic rings. The van der Waals surface area contributed by atoms with Gasteiger partial charge in [-0.05, 0) is 59.4 Å². The highest BCUT2D eigenvalue weighted by Gasteiger charge is 2.17. The molecular formula is C24H27NO3S. The number of ether oxygens (including phenoxy) is 1. The van der Waals surface area contributed by atoms with E-state index in [2.05, 4.69) is 51.2 Å². The molecule has 2 aromatic carbocycles. The number of furan rings is 1. The van der Waals surface area contributed by atoms with Gasteiger partial charge in [0.25, 0.3) is 5.91 Å². The Balaban J connectivity index is 1.67. The Morgan fingerprint density at radius 2 is 1.90 bits per heavy atom. The summed E-state index contributed by atoms with van der Waals surface area (Å²) in [5.41, 5.74) is 3.50. The summed E-state index contributed by atoms with van der Waals surface area (Å²) < 4.78 is 11.0. The topological polar surface area (TPSA) is 51.5 Å². The van der Waals surface area contributed by atoms with Gasteiger partial charge >= 0.3 is 0 Å². The maximum Gasteiger partial charge on any atom is 0.287 e. The van der Waals surface area contributed by atoms with Crippen molar-refractivity contribution in [1.29, 1.82) is 0 Å². The average molecular weight is 410 g/mol. The van der Waals surface area contributed by atoms with Crippen LogP contribution < -0.4 is 10.1 Å². The number of methoxy groups -OCH3 is 1. The van der Waals surface area contributed by atoms with Crippen LogP contribution in [0, 0.1) is 6.92 Å². The molecule has 0 fully saturated rings. The molecule has 0 aliphatic heterocycles. The van der Waals surface area contributed by atoms with Gasteiger partial charge in [0, 0.05) is 11.4 Å². The molecule has 29 heavy (non-hydrogen) atoms. The number of benzene rings is 2. The van der Waals surface area contributed by atoms with Crippen LogP contribution in [-0.4, -0.2) is 13.0 Å². The predicted octanol–water partition coefficient (Wildman–Crippen LogP) is 5.98. The quantitative estimate of drug-likeness (QED) is 0.544. The fourth-order valence-electron chi connectivity index (χ4n) is 2.83. The molecule has 0 atom stereocenters. The summed E-state index contributed by atoms with van der Waals surface area (Å²) in [7, 11) is 1.62. The fraction of sp³-hybridized carbons (Fsp3) is 0.292. The normalized spacial score (nSPS) is 11.3. The van der Waals surface area contributed by atoms with E-state index in [4.69, 9.17) is 9.15 Å². The largest absolute Gasteiger partial charge is 0.497 e. The molecule has 4 nitrogen and oxygen atoms in total. The van der Waals surface area contributed by atoms with Crippen molar-refractivity contribution in [3.05, 3.63) is 77.0 Å². The molecule has 0 bridgehead atoms. The van der Waals surface area contributed by atoms with E-state index in [0.717, 1.165) is 16.2 Å². The first-order chi connectivity index (χ1) is 13.8. The molecule has 152 valence electrons. The Morgan fingerprint density at radius 3 is 2.62 bits per heavy atom. The standard InChI is InChI=1S/C24H27NO3S/c1-16-9-10-18(24(2,3)4)14-21(16)29-22-12-11-20(28-22)23(26)25-15-17-7-6-8-19(13-17)27-5/h6-14H,15H2,1-5H3,(H,25,26). The first-order valence-corrected chi connectivity index (χ1v) is 10.4. The van der Waals surface area contributed by atoms with Gasteiger partial charge in [-0.15, -0.1) is 0 Å². The van der Waals surface area contributed by atoms with E-state index in [-0.39, 0.29) is 11.3 Å². The van der Waals surface area contributed by atoms with Gasteiger partial charge in [-0.2, -0.15) is 0 Å². The maximum atomic E-state index is 12.4. The molecule has 1 amide bonds. The number of amides is 1. The highest BCUT2D eigenvalue weighted by atomic mass is 32.2. The van der Waals surface area contributed by atoms with Crippen molar-refractivity contribution in [2.45, 2.75) is 49.6 Å². The third-order valence-electron chi connectivity index (χ3n) is 4.66. The summed E-state index contributed by atoms with van der Waals surface area (Å²) in [5.74, 6) is 0.834. The minimum atomic E-state index is -0.236. The second-order valence-corrected chi connectivity index (χ2v) is 9.03. The van der Waals surface area contributed by atoms with Gasteiger partial charge in [0.1, 0.15) is 5.75 Å². The summed E-state index contributed by atoms with van der Waals surface area (Å²) >= 11 is 1.54. The number of carbonyl (C=O) groups excluding carboxylic acids is 1. The van der Waals surface area contributed by atoms with E-state index in [1.807, 2.05) is 30.3 Å². The Morgan fingerprint density at radius 1 is 1.10 bits per heavy atom. The van der Waals surface area contributed by atoms with Crippen molar-refractivity contribution < 1.29 is 13.9 Å². The molecule has 1 aromatic heterocycles. The van der Waals surface area contributed by atoms with Crippen LogP contribution in [0.4, 0.5) is 0 Å². The van der Waals surface area contributed by atoms with E-state index in [9.17, 15) is 4.79 Å². The fourth-order valence-corrected chi connectivity index (χ4v) is 3.73. The van der Waals surface area contributed by atoms with Gasteiger partial charge in [0.2, 0.25) is 0 Å². The molecule has 1 N–H and O–H groups in total. The van der Waals surface area contributed by atoms with Gasteiger partial charge in [-0.3, -0.25) is 4.79 Å². The highest BCUT2D eigenvalue weighted by Crippen LogP contribution is 2.34. The van der Waals surface area contributed by atoms with Gasteiger partial charge < -0.3 is 14.5 Å². The second kappa shape index (κ2) is 8.78. The summed E-state index contributed by atoms with van der Waals surface area (Å²) in [4.78, 5) is 13.6. The van der Waals surface area contributed by atoms with E-state index in [1.165, 1.54) is 22.9 Å². The first-order valence-electron chi connectivity index (χ1n) is 9.56. The number of hydrogen-bond acceptors (Lipinski definition) is 4. The minimum Gasteiger partial charge on any atom is -0.497 e. The number of nitrogens with one attached hydrogen (secondary N) is 1. The molecule has 0 saturated carbocycles. The lowest BCUT2D eigenvalue weighted by Gasteiger charge is -2.20. The maximum absolute atomic E-state index is 12.4. The second-order valence-electron chi connectivity index (χ2n) is 7.99. The third kappa shape index (κ3) is 5.45. The molecule has 3 rings (SSSR count). The van der Waals surface area contributed by atoms with Crippen LogP contribution in [0.3, 0.4) is 0 Å². The summed E-state index contributed by atoms with van der Waals surface area (Å²) in [6.07, 6.45) is 0. The lowest BCUT2D eigenvalue weighted by atomic mass is 9.87. The van der Waals surface area contributed by atoms with E-state index >= 15 is 0 Å². The molecule has 0 spiro atoms. The number of carbonyl (C=O) groups is 1. The van der Waals surface area contributed by atoms with Crippen LogP contribution in [0.5, 0.6) is 5.75 Å². The predicted molar refractivity (Wildman–Crippen MR) is 117 cm³/mol. The van der Waals surface area contributed by atoms with Crippen LogP contribution in [0.15, 0.2) is 69.0 Å². The number of aryl methyl sites for hydroxylation is 1. The minimum absolute atomic E-state index is 0.0807. The Kier molecular flexibility index (Phi) is 6.38. The van der Waals surface area contributed by atoms with Crippen molar-refractivity contribution in [3.63, 3.8) is 0 Å². The summed E-state index contributed by atoms with van der Waals surface area (Å²) in [5, 5.41) is 3.59. The molecule has 5 heteroatoms. The van der Waals surface area contributed by atoms with Crippen LogP contribution in [0.25, 0.3) is 0 Å². The summed E-state index contributed by atoms with van der Waals surface area (Å²) in [6, 6.07) is 17.7. The summed E-state index contributed by atoms with van der Waals surface area (Å²) in [6.45, 7) is 9.09. The Bertz CT molecular complexity index is 1000. The van der Waals surface area contributed by atoms with Crippen molar-refractivity contribution in [2.75, 3.05) is 7.11 Å². The van der Waals surface area contributed by atoms with Crippen LogP contribution >= 0.6 is 11.8 Å². The molecule has 0 radical (unpaired) electrons. The van der Waals surface area contributed by atoms with Gasteiger partial charge in [0.05, 0.1) is 7.11 Å². The van der Waals surface area contributed by atoms with Crippen LogP contribution in [0.1, 0.15) is 48.0 Å². The molecule has 1 heterocycles. The molecule has 0 aliphatic rings. The Hall–Kier alpha value is -2.66. The zero-order valence-corrected chi connectivity index (χ0v) is 18.4. The monoisotopic (exact) mass is 409 g/mol. The lowest BCUT2D eigenvalue weighted by molar-refractivity contribution is 0.0918. The lowest BCUT2D eigenvalue weighted by Crippen LogP contribution is -2.22. The van der Waals surface area contributed by atoms with E-state index < -0.39 is 0 Å². The van der Waals surface area contributed by atoms with Gasteiger partial charge in [-0.25, -0.2) is 0 Å². The van der Waals surface area contributed by atoms with E-state index in [1.54, 1.807) is 13.2 Å². The van der Waals surface area contributed by atoms with Crippen LogP contribution in [-0.2, 0) is 12.0 Å². The van der Waals surface area contributed by atoms with E-state index in [0.29, 0.717) is 17.4 Å². The molecule has 0 unspecified atom stereocenters. The van der Waals surface area contributed by atoms with Crippen molar-refractivity contribution >= 4 is 17.7 Å². The number of rotatable bonds is 6. The smallest absolute Gasteiger partial charge is 0.287 e. The molecular weight excluding hydrogens is 382 g/mol. The van der Waals surface area contributed by atoms with Crippen molar-refractivity contribution in [3.8, 4) is 5.75 Å². The average Bonchev–Trinajstić information content (AvgIpc) is 3.16. The first kappa shape index (κ1) is 21.1.